The van der Waals surface area contributed by atoms with Gasteiger partial charge in [-0.3, -0.25) is 0 Å². The van der Waals surface area contributed by atoms with Gasteiger partial charge in [-0.1, -0.05) is 176 Å². The van der Waals surface area contributed by atoms with Gasteiger partial charge in [0.25, 0.3) is 0 Å². The minimum Gasteiger partial charge on any atom is -0.309 e. The fourth-order valence-electron chi connectivity index (χ4n) is 10.5. The maximum absolute atomic E-state index is 10.1. The highest BCUT2D eigenvalue weighted by atomic mass is 15.0. The lowest BCUT2D eigenvalue weighted by Gasteiger charge is -2.20. The van der Waals surface area contributed by atoms with Crippen molar-refractivity contribution in [1.82, 2.24) is 19.1 Å². The van der Waals surface area contributed by atoms with E-state index in [0.717, 1.165) is 116 Å². The van der Waals surface area contributed by atoms with Gasteiger partial charge in [0.2, 0.25) is 0 Å². The number of rotatable bonds is 8. The number of para-hydroxylation sites is 3. The Morgan fingerprint density at radius 1 is 0.292 bits per heavy atom. The molecule has 13 rings (SSSR count). The molecule has 0 saturated carbocycles. The van der Waals surface area contributed by atoms with Crippen LogP contribution in [0.25, 0.3) is 122 Å². The molecule has 0 saturated heterocycles. The molecule has 3 heterocycles. The Morgan fingerprint density at radius 2 is 0.708 bits per heavy atom. The Bertz CT molecular complexity index is 4300. The molecule has 0 unspecified atom stereocenters. The SMILES string of the molecule is N#Cc1ccccc1-c1ccc2c(c1)c1ccccc1n2-c1ccccc1-c1ccc(-c2nc(-c3ccccc3)cc(-c3ccccc3)n2)cc1-n1c2ccccc2c2cc(-c3ccccc3C#N)ccc21. The molecule has 0 aliphatic rings. The van der Waals surface area contributed by atoms with Crippen LogP contribution < -0.4 is 0 Å². The second-order valence-corrected chi connectivity index (χ2v) is 17.9. The molecule has 10 aromatic carbocycles. The summed E-state index contributed by atoms with van der Waals surface area (Å²) >= 11 is 0. The highest BCUT2D eigenvalue weighted by Crippen LogP contribution is 2.44. The topological polar surface area (TPSA) is 83.2 Å². The Kier molecular flexibility index (Phi) is 10.2. The first-order valence-electron chi connectivity index (χ1n) is 23.9. The molecule has 13 aromatic rings. The van der Waals surface area contributed by atoms with Crippen molar-refractivity contribution in [2.45, 2.75) is 0 Å². The van der Waals surface area contributed by atoms with Gasteiger partial charge in [-0.15, -0.1) is 0 Å². The van der Waals surface area contributed by atoms with E-state index < -0.39 is 0 Å². The van der Waals surface area contributed by atoms with Crippen LogP contribution in [-0.2, 0) is 0 Å². The Hall–Kier alpha value is -10.1. The fraction of sp³-hybridized carbons (Fsp3) is 0. The van der Waals surface area contributed by atoms with E-state index in [1.165, 1.54) is 0 Å². The number of nitriles is 2. The second-order valence-electron chi connectivity index (χ2n) is 17.9. The summed E-state index contributed by atoms with van der Waals surface area (Å²) in [5.74, 6) is 0.614. The molecule has 0 atom stereocenters. The molecule has 0 radical (unpaired) electrons. The van der Waals surface area contributed by atoms with Crippen LogP contribution in [-0.4, -0.2) is 19.1 Å². The van der Waals surface area contributed by atoms with Crippen molar-refractivity contribution < 1.29 is 0 Å². The van der Waals surface area contributed by atoms with E-state index in [4.69, 9.17) is 9.97 Å². The highest BCUT2D eigenvalue weighted by Gasteiger charge is 2.23. The summed E-state index contributed by atoms with van der Waals surface area (Å²) < 4.78 is 4.76. The van der Waals surface area contributed by atoms with Gasteiger partial charge in [-0.2, -0.15) is 10.5 Å². The predicted octanol–water partition coefficient (Wildman–Crippen LogP) is 16.4. The van der Waals surface area contributed by atoms with Crippen LogP contribution >= 0.6 is 0 Å². The summed E-state index contributed by atoms with van der Waals surface area (Å²) in [6.45, 7) is 0. The zero-order chi connectivity index (χ0) is 48.1. The number of benzene rings is 10. The zero-order valence-electron chi connectivity index (χ0n) is 38.8. The molecule has 3 aromatic heterocycles. The van der Waals surface area contributed by atoms with Crippen molar-refractivity contribution in [2.24, 2.45) is 0 Å². The highest BCUT2D eigenvalue weighted by molar-refractivity contribution is 6.13. The molecular weight excluding hydrogens is 877 g/mol. The van der Waals surface area contributed by atoms with Crippen LogP contribution in [0.2, 0.25) is 0 Å². The smallest absolute Gasteiger partial charge is 0.160 e. The third-order valence-corrected chi connectivity index (χ3v) is 13.9. The van der Waals surface area contributed by atoms with Crippen LogP contribution in [0.4, 0.5) is 0 Å². The van der Waals surface area contributed by atoms with E-state index in [-0.39, 0.29) is 0 Å². The third-order valence-electron chi connectivity index (χ3n) is 13.9. The van der Waals surface area contributed by atoms with Crippen molar-refractivity contribution >= 4 is 43.6 Å². The van der Waals surface area contributed by atoms with Crippen molar-refractivity contribution in [1.29, 1.82) is 10.5 Å². The van der Waals surface area contributed by atoms with Crippen molar-refractivity contribution in [3.8, 4) is 90.8 Å². The van der Waals surface area contributed by atoms with Crippen molar-refractivity contribution in [3.63, 3.8) is 0 Å². The lowest BCUT2D eigenvalue weighted by molar-refractivity contribution is 1.15. The van der Waals surface area contributed by atoms with Gasteiger partial charge in [0.15, 0.2) is 5.82 Å². The number of nitrogens with zero attached hydrogens (tertiary/aromatic N) is 6. The maximum Gasteiger partial charge on any atom is 0.160 e. The lowest BCUT2D eigenvalue weighted by atomic mass is 9.97. The molecular formula is C66H40N6. The van der Waals surface area contributed by atoms with Gasteiger partial charge in [0, 0.05) is 49.4 Å². The molecule has 0 aliphatic heterocycles. The molecule has 0 amide bonds. The van der Waals surface area contributed by atoms with Gasteiger partial charge >= 0.3 is 0 Å². The zero-order valence-corrected chi connectivity index (χ0v) is 38.8. The standard InChI is InChI=1S/C66H40N6/c67-41-48-21-7-9-23-50(48)45-32-35-63-56(37-45)53-26-12-15-29-61(53)71(63)60-28-14-11-25-52(60)55-34-31-47(66-69-58(43-17-3-1-4-18-43)40-59(70-66)44-19-5-2-6-20-44)39-65(55)72-62-30-16-13-27-54(62)57-38-46(33-36-64(57)72)51-24-10-8-22-49(51)42-68/h1-40H. The largest absolute Gasteiger partial charge is 0.309 e. The molecule has 334 valence electrons. The second kappa shape index (κ2) is 17.4. The normalized spacial score (nSPS) is 11.3. The first-order chi connectivity index (χ1) is 35.6. The van der Waals surface area contributed by atoms with Crippen LogP contribution in [0.3, 0.4) is 0 Å². The number of aromatic nitrogens is 4. The fourth-order valence-corrected chi connectivity index (χ4v) is 10.5. The van der Waals surface area contributed by atoms with Crippen LogP contribution in [0, 0.1) is 22.7 Å². The van der Waals surface area contributed by atoms with E-state index in [0.29, 0.717) is 17.0 Å². The lowest BCUT2D eigenvalue weighted by Crippen LogP contribution is -2.03. The van der Waals surface area contributed by atoms with Gasteiger partial charge < -0.3 is 9.13 Å². The van der Waals surface area contributed by atoms with Crippen LogP contribution in [0.15, 0.2) is 243 Å². The van der Waals surface area contributed by atoms with E-state index >= 15 is 0 Å². The minimum atomic E-state index is 0.614. The Balaban J connectivity index is 1.08. The minimum absolute atomic E-state index is 0.614. The quantitative estimate of drug-likeness (QED) is 0.152. The number of hydrogen-bond acceptors (Lipinski definition) is 4. The predicted molar refractivity (Wildman–Crippen MR) is 293 cm³/mol. The Labute approximate surface area is 415 Å². The molecule has 72 heavy (non-hydrogen) atoms. The van der Waals surface area contributed by atoms with Crippen molar-refractivity contribution in [3.05, 3.63) is 254 Å². The van der Waals surface area contributed by atoms with Crippen molar-refractivity contribution in [2.75, 3.05) is 0 Å². The summed E-state index contributed by atoms with van der Waals surface area (Å²) in [4.78, 5) is 10.6. The summed E-state index contributed by atoms with van der Waals surface area (Å²) in [5.41, 5.74) is 17.8. The molecule has 0 bridgehead atoms. The van der Waals surface area contributed by atoms with Gasteiger partial charge in [-0.25, -0.2) is 9.97 Å². The molecule has 6 nitrogen and oxygen atoms in total. The molecule has 0 N–H and O–H groups in total. The molecule has 0 aliphatic carbocycles. The van der Waals surface area contributed by atoms with Crippen LogP contribution in [0.1, 0.15) is 11.1 Å². The average Bonchev–Trinajstić information content (AvgIpc) is 3.97. The first kappa shape index (κ1) is 42.0. The average molecular weight is 917 g/mol. The van der Waals surface area contributed by atoms with Gasteiger partial charge in [-0.05, 0) is 89.0 Å². The molecule has 6 heteroatoms. The number of hydrogen-bond donors (Lipinski definition) is 0. The summed E-state index contributed by atoms with van der Waals surface area (Å²) in [6.07, 6.45) is 0. The van der Waals surface area contributed by atoms with Crippen LogP contribution in [0.5, 0.6) is 0 Å². The van der Waals surface area contributed by atoms with E-state index in [2.05, 4.69) is 179 Å². The van der Waals surface area contributed by atoms with Gasteiger partial charge in [0.1, 0.15) is 0 Å². The third kappa shape index (κ3) is 7.02. The Morgan fingerprint density at radius 3 is 1.25 bits per heavy atom. The summed E-state index contributed by atoms with van der Waals surface area (Å²) in [7, 11) is 0. The summed E-state index contributed by atoms with van der Waals surface area (Å²) in [5, 5.41) is 24.6. The van der Waals surface area contributed by atoms with E-state index in [1.807, 2.05) is 84.9 Å². The van der Waals surface area contributed by atoms with E-state index in [1.54, 1.807) is 0 Å². The summed E-state index contributed by atoms with van der Waals surface area (Å²) in [6, 6.07) is 88.6. The monoisotopic (exact) mass is 916 g/mol. The first-order valence-corrected chi connectivity index (χ1v) is 23.9. The molecule has 0 spiro atoms. The number of fused-ring (bicyclic) bond motifs is 6. The maximum atomic E-state index is 10.1. The van der Waals surface area contributed by atoms with E-state index in [9.17, 15) is 10.5 Å². The molecule has 0 fully saturated rings. The van der Waals surface area contributed by atoms with Gasteiger partial charge in [0.05, 0.1) is 68.1 Å².